The molecular weight excluding hydrogens is 196 g/mol. The van der Waals surface area contributed by atoms with Gasteiger partial charge in [-0.1, -0.05) is 30.3 Å². The van der Waals surface area contributed by atoms with Crippen molar-refractivity contribution >= 4 is 0 Å². The summed E-state index contributed by atoms with van der Waals surface area (Å²) in [5.74, 6) is 1.47. The molecule has 2 heteroatoms. The number of hydrogen-bond donors (Lipinski definition) is 2. The van der Waals surface area contributed by atoms with Gasteiger partial charge in [0.2, 0.25) is 0 Å². The molecule has 0 bridgehead atoms. The predicted molar refractivity (Wildman–Crippen MR) is 68.3 cm³/mol. The van der Waals surface area contributed by atoms with Crippen molar-refractivity contribution in [3.63, 3.8) is 0 Å². The van der Waals surface area contributed by atoms with Gasteiger partial charge in [0, 0.05) is 0 Å². The Morgan fingerprint density at radius 2 is 1.88 bits per heavy atom. The fourth-order valence-corrected chi connectivity index (χ4v) is 2.67. The van der Waals surface area contributed by atoms with Crippen molar-refractivity contribution in [2.75, 3.05) is 19.6 Å². The van der Waals surface area contributed by atoms with E-state index in [1.807, 2.05) is 0 Å². The van der Waals surface area contributed by atoms with Gasteiger partial charge in [-0.05, 0) is 56.3 Å². The largest absolute Gasteiger partial charge is 0.330 e. The lowest BCUT2D eigenvalue weighted by Crippen LogP contribution is -2.35. The molecule has 1 heterocycles. The maximum Gasteiger partial charge on any atom is -0.00430 e. The average Bonchev–Trinajstić information content (AvgIpc) is 2.38. The van der Waals surface area contributed by atoms with Crippen LogP contribution in [0.1, 0.15) is 18.4 Å². The topological polar surface area (TPSA) is 38.0 Å². The van der Waals surface area contributed by atoms with Crippen LogP contribution in [0.4, 0.5) is 0 Å². The standard InChI is InChI=1S/C14H22N2/c15-11-14(13-6-8-16-9-7-13)10-12-4-2-1-3-5-12/h1-5,13-14,16H,6-11,15H2. The minimum atomic E-state index is 0.657. The van der Waals surface area contributed by atoms with Crippen molar-refractivity contribution in [1.29, 1.82) is 0 Å². The van der Waals surface area contributed by atoms with Gasteiger partial charge in [0.15, 0.2) is 0 Å². The van der Waals surface area contributed by atoms with E-state index in [4.69, 9.17) is 5.73 Å². The SMILES string of the molecule is NCC(Cc1ccccc1)C1CCNCC1. The predicted octanol–water partition coefficient (Wildman–Crippen LogP) is 1.80. The molecule has 0 radical (unpaired) electrons. The quantitative estimate of drug-likeness (QED) is 0.809. The lowest BCUT2D eigenvalue weighted by Gasteiger charge is -2.30. The number of nitrogens with two attached hydrogens (primary N) is 1. The van der Waals surface area contributed by atoms with Crippen LogP contribution < -0.4 is 11.1 Å². The third-order valence-electron chi connectivity index (χ3n) is 3.69. The summed E-state index contributed by atoms with van der Waals surface area (Å²) < 4.78 is 0. The number of piperidine rings is 1. The van der Waals surface area contributed by atoms with Gasteiger partial charge in [-0.15, -0.1) is 0 Å². The van der Waals surface area contributed by atoms with Crippen molar-refractivity contribution in [3.05, 3.63) is 35.9 Å². The summed E-state index contributed by atoms with van der Waals surface area (Å²) in [5.41, 5.74) is 7.36. The molecule has 1 aromatic rings. The maximum absolute atomic E-state index is 5.93. The van der Waals surface area contributed by atoms with Gasteiger partial charge in [0.1, 0.15) is 0 Å². The maximum atomic E-state index is 5.93. The first-order valence-corrected chi connectivity index (χ1v) is 6.35. The van der Waals surface area contributed by atoms with Crippen molar-refractivity contribution in [3.8, 4) is 0 Å². The van der Waals surface area contributed by atoms with Crippen molar-refractivity contribution in [2.45, 2.75) is 19.3 Å². The first kappa shape index (κ1) is 11.6. The first-order valence-electron chi connectivity index (χ1n) is 6.35. The van der Waals surface area contributed by atoms with E-state index in [0.717, 1.165) is 32.0 Å². The highest BCUT2D eigenvalue weighted by Gasteiger charge is 2.22. The smallest absolute Gasteiger partial charge is 0.00430 e. The molecule has 1 aliphatic rings. The summed E-state index contributed by atoms with van der Waals surface area (Å²) in [4.78, 5) is 0. The van der Waals surface area contributed by atoms with E-state index in [2.05, 4.69) is 35.6 Å². The van der Waals surface area contributed by atoms with Gasteiger partial charge in [0.05, 0.1) is 0 Å². The third kappa shape index (κ3) is 3.06. The van der Waals surface area contributed by atoms with E-state index in [-0.39, 0.29) is 0 Å². The monoisotopic (exact) mass is 218 g/mol. The molecule has 1 fully saturated rings. The fourth-order valence-electron chi connectivity index (χ4n) is 2.67. The van der Waals surface area contributed by atoms with Gasteiger partial charge >= 0.3 is 0 Å². The van der Waals surface area contributed by atoms with Gasteiger partial charge in [0.25, 0.3) is 0 Å². The lowest BCUT2D eigenvalue weighted by molar-refractivity contribution is 0.262. The fraction of sp³-hybridized carbons (Fsp3) is 0.571. The molecular formula is C14H22N2. The summed E-state index contributed by atoms with van der Waals surface area (Å²) in [6, 6.07) is 10.7. The van der Waals surface area contributed by atoms with Crippen LogP contribution in [0.5, 0.6) is 0 Å². The van der Waals surface area contributed by atoms with E-state index >= 15 is 0 Å². The Labute approximate surface area is 98.2 Å². The Morgan fingerprint density at radius 3 is 2.50 bits per heavy atom. The third-order valence-corrected chi connectivity index (χ3v) is 3.69. The zero-order valence-corrected chi connectivity index (χ0v) is 9.86. The molecule has 1 saturated heterocycles. The highest BCUT2D eigenvalue weighted by atomic mass is 14.9. The number of nitrogens with one attached hydrogen (secondary N) is 1. The Bertz CT molecular complexity index is 291. The second-order valence-electron chi connectivity index (χ2n) is 4.77. The minimum absolute atomic E-state index is 0.657. The van der Waals surface area contributed by atoms with Crippen molar-refractivity contribution in [2.24, 2.45) is 17.6 Å². The van der Waals surface area contributed by atoms with Crippen molar-refractivity contribution < 1.29 is 0 Å². The van der Waals surface area contributed by atoms with Crippen LogP contribution in [-0.2, 0) is 6.42 Å². The number of hydrogen-bond acceptors (Lipinski definition) is 2. The van der Waals surface area contributed by atoms with E-state index < -0.39 is 0 Å². The Morgan fingerprint density at radius 1 is 1.19 bits per heavy atom. The van der Waals surface area contributed by atoms with Crippen LogP contribution in [0.2, 0.25) is 0 Å². The molecule has 16 heavy (non-hydrogen) atoms. The Hall–Kier alpha value is -0.860. The molecule has 2 rings (SSSR count). The highest BCUT2D eigenvalue weighted by Crippen LogP contribution is 2.24. The van der Waals surface area contributed by atoms with E-state index in [9.17, 15) is 0 Å². The Balaban J connectivity index is 1.94. The van der Waals surface area contributed by atoms with Crippen LogP contribution in [0.15, 0.2) is 30.3 Å². The van der Waals surface area contributed by atoms with Gasteiger partial charge in [-0.25, -0.2) is 0 Å². The van der Waals surface area contributed by atoms with Gasteiger partial charge in [-0.2, -0.15) is 0 Å². The Kier molecular flexibility index (Phi) is 4.37. The van der Waals surface area contributed by atoms with E-state index in [1.54, 1.807) is 0 Å². The summed E-state index contributed by atoms with van der Waals surface area (Å²) in [6.07, 6.45) is 3.71. The van der Waals surface area contributed by atoms with Crippen LogP contribution in [0.3, 0.4) is 0 Å². The average molecular weight is 218 g/mol. The molecule has 1 atom stereocenters. The molecule has 0 amide bonds. The minimum Gasteiger partial charge on any atom is -0.330 e. The molecule has 0 aromatic heterocycles. The second kappa shape index (κ2) is 6.02. The molecule has 1 aliphatic heterocycles. The van der Waals surface area contributed by atoms with Gasteiger partial charge in [-0.3, -0.25) is 0 Å². The van der Waals surface area contributed by atoms with E-state index in [0.29, 0.717) is 5.92 Å². The molecule has 0 saturated carbocycles. The lowest BCUT2D eigenvalue weighted by atomic mass is 9.81. The van der Waals surface area contributed by atoms with Crippen LogP contribution >= 0.6 is 0 Å². The number of rotatable bonds is 4. The van der Waals surface area contributed by atoms with E-state index in [1.165, 1.54) is 18.4 Å². The zero-order chi connectivity index (χ0) is 11.2. The summed E-state index contributed by atoms with van der Waals surface area (Å²) in [6.45, 7) is 3.14. The summed E-state index contributed by atoms with van der Waals surface area (Å²) in [7, 11) is 0. The number of benzene rings is 1. The molecule has 0 aliphatic carbocycles. The molecule has 1 unspecified atom stereocenters. The molecule has 1 aromatic carbocycles. The van der Waals surface area contributed by atoms with Gasteiger partial charge < -0.3 is 11.1 Å². The summed E-state index contributed by atoms with van der Waals surface area (Å²) in [5, 5.41) is 3.42. The second-order valence-corrected chi connectivity index (χ2v) is 4.77. The zero-order valence-electron chi connectivity index (χ0n) is 9.86. The van der Waals surface area contributed by atoms with Crippen LogP contribution in [0, 0.1) is 11.8 Å². The van der Waals surface area contributed by atoms with Crippen molar-refractivity contribution in [1.82, 2.24) is 5.32 Å². The molecule has 88 valence electrons. The molecule has 2 nitrogen and oxygen atoms in total. The normalized spacial score (nSPS) is 19.6. The first-order chi connectivity index (χ1) is 7.90. The van der Waals surface area contributed by atoms with Crippen LogP contribution in [-0.4, -0.2) is 19.6 Å². The highest BCUT2D eigenvalue weighted by molar-refractivity contribution is 5.15. The summed E-state index contributed by atoms with van der Waals surface area (Å²) >= 11 is 0. The van der Waals surface area contributed by atoms with Crippen LogP contribution in [0.25, 0.3) is 0 Å². The molecule has 0 spiro atoms. The molecule has 3 N–H and O–H groups in total.